The van der Waals surface area contributed by atoms with Gasteiger partial charge in [-0.3, -0.25) is 14.6 Å². The van der Waals surface area contributed by atoms with Crippen molar-refractivity contribution in [3.8, 4) is 0 Å². The molecule has 0 spiro atoms. The van der Waals surface area contributed by atoms with E-state index in [1.54, 1.807) is 0 Å². The zero-order valence-corrected chi connectivity index (χ0v) is 11.0. The summed E-state index contributed by atoms with van der Waals surface area (Å²) in [7, 11) is 0. The lowest BCUT2D eigenvalue weighted by atomic mass is 10.1. The summed E-state index contributed by atoms with van der Waals surface area (Å²) in [5.74, 6) is 0. The molecular formula is C14H16F3N2O. The highest BCUT2D eigenvalue weighted by atomic mass is 19.4. The Bertz CT molecular complexity index is 437. The van der Waals surface area contributed by atoms with E-state index < -0.39 is 11.7 Å². The van der Waals surface area contributed by atoms with Crippen molar-refractivity contribution >= 4 is 6.29 Å². The molecule has 1 saturated heterocycles. The summed E-state index contributed by atoms with van der Waals surface area (Å²) in [4.78, 5) is 14.5. The summed E-state index contributed by atoms with van der Waals surface area (Å²) in [6.45, 7) is 4.15. The number of carbonyl (C=O) groups excluding carboxylic acids is 1. The average molecular weight is 285 g/mol. The van der Waals surface area contributed by atoms with E-state index >= 15 is 0 Å². The van der Waals surface area contributed by atoms with Crippen molar-refractivity contribution in [3.05, 3.63) is 35.4 Å². The normalized spacial score (nSPS) is 18.1. The first-order chi connectivity index (χ1) is 9.49. The molecule has 0 aromatic heterocycles. The smallest absolute Gasteiger partial charge is 0.297 e. The van der Waals surface area contributed by atoms with Crippen LogP contribution in [0.1, 0.15) is 11.1 Å². The minimum atomic E-state index is -4.28. The van der Waals surface area contributed by atoms with Gasteiger partial charge in [0.05, 0.1) is 12.1 Å². The number of piperazine rings is 1. The number of hydrogen-bond acceptors (Lipinski definition) is 3. The Kier molecular flexibility index (Phi) is 4.77. The molecule has 1 fully saturated rings. The van der Waals surface area contributed by atoms with E-state index in [1.165, 1.54) is 12.1 Å². The van der Waals surface area contributed by atoms with Crippen LogP contribution in [0.4, 0.5) is 13.2 Å². The number of rotatable bonds is 4. The van der Waals surface area contributed by atoms with Gasteiger partial charge in [0, 0.05) is 32.7 Å². The third-order valence-corrected chi connectivity index (χ3v) is 3.44. The Morgan fingerprint density at radius 2 is 1.55 bits per heavy atom. The van der Waals surface area contributed by atoms with Crippen LogP contribution in [-0.2, 0) is 17.5 Å². The highest BCUT2D eigenvalue weighted by molar-refractivity contribution is 5.53. The standard InChI is InChI=1S/C14H16F3N2O/c15-14(16,17)13-3-1-12(2-4-13)11-19-7-5-18(6-8-19)9-10-20/h1-4H,5-9,11H2. The van der Waals surface area contributed by atoms with Crippen LogP contribution in [0, 0.1) is 0 Å². The van der Waals surface area contributed by atoms with Crippen LogP contribution in [0.5, 0.6) is 0 Å². The van der Waals surface area contributed by atoms with Crippen LogP contribution >= 0.6 is 0 Å². The van der Waals surface area contributed by atoms with Gasteiger partial charge in [0.25, 0.3) is 0 Å². The van der Waals surface area contributed by atoms with Crippen LogP contribution in [0.3, 0.4) is 0 Å². The van der Waals surface area contributed by atoms with Gasteiger partial charge in [0.2, 0.25) is 6.29 Å². The topological polar surface area (TPSA) is 23.6 Å². The fourth-order valence-corrected chi connectivity index (χ4v) is 2.25. The predicted octanol–water partition coefficient (Wildman–Crippen LogP) is 1.93. The molecule has 2 rings (SSSR count). The summed E-state index contributed by atoms with van der Waals surface area (Å²) in [6, 6.07) is 5.28. The molecule has 0 atom stereocenters. The Balaban J connectivity index is 1.87. The van der Waals surface area contributed by atoms with E-state index in [4.69, 9.17) is 0 Å². The van der Waals surface area contributed by atoms with Crippen molar-refractivity contribution in [2.24, 2.45) is 0 Å². The second kappa shape index (κ2) is 6.37. The Hall–Kier alpha value is -1.40. The molecule has 1 radical (unpaired) electrons. The summed E-state index contributed by atoms with van der Waals surface area (Å²) < 4.78 is 37.3. The monoisotopic (exact) mass is 285 g/mol. The van der Waals surface area contributed by atoms with E-state index in [-0.39, 0.29) is 0 Å². The zero-order chi connectivity index (χ0) is 14.6. The van der Waals surface area contributed by atoms with Crippen LogP contribution in [-0.4, -0.2) is 48.8 Å². The Labute approximate surface area is 116 Å². The molecule has 109 valence electrons. The minimum absolute atomic E-state index is 0.327. The van der Waals surface area contributed by atoms with E-state index in [2.05, 4.69) is 4.90 Å². The quantitative estimate of drug-likeness (QED) is 0.844. The zero-order valence-electron chi connectivity index (χ0n) is 11.0. The first kappa shape index (κ1) is 15.0. The molecule has 1 heterocycles. The molecule has 1 aliphatic heterocycles. The third-order valence-electron chi connectivity index (χ3n) is 3.44. The lowest BCUT2D eigenvalue weighted by molar-refractivity contribution is -0.137. The number of halogens is 3. The summed E-state index contributed by atoms with van der Waals surface area (Å²) in [6.07, 6.45) is -2.41. The second-order valence-corrected chi connectivity index (χ2v) is 4.89. The summed E-state index contributed by atoms with van der Waals surface area (Å²) in [5, 5.41) is 0. The van der Waals surface area contributed by atoms with Gasteiger partial charge in [0.1, 0.15) is 0 Å². The molecule has 0 unspecified atom stereocenters. The molecule has 0 aliphatic carbocycles. The minimum Gasteiger partial charge on any atom is -0.297 e. The molecule has 1 aromatic rings. The highest BCUT2D eigenvalue weighted by Crippen LogP contribution is 2.29. The predicted molar refractivity (Wildman–Crippen MR) is 68.9 cm³/mol. The van der Waals surface area contributed by atoms with Gasteiger partial charge in [-0.15, -0.1) is 0 Å². The van der Waals surface area contributed by atoms with Crippen molar-refractivity contribution in [3.63, 3.8) is 0 Å². The molecular weight excluding hydrogens is 269 g/mol. The first-order valence-electron chi connectivity index (χ1n) is 6.45. The van der Waals surface area contributed by atoms with Gasteiger partial charge in [-0.2, -0.15) is 13.2 Å². The van der Waals surface area contributed by atoms with Gasteiger partial charge >= 0.3 is 6.18 Å². The molecule has 0 bridgehead atoms. The van der Waals surface area contributed by atoms with Gasteiger partial charge in [-0.1, -0.05) is 12.1 Å². The third kappa shape index (κ3) is 4.05. The van der Waals surface area contributed by atoms with Crippen molar-refractivity contribution in [1.82, 2.24) is 9.80 Å². The molecule has 1 aliphatic rings. The Morgan fingerprint density at radius 3 is 2.05 bits per heavy atom. The van der Waals surface area contributed by atoms with Gasteiger partial charge < -0.3 is 0 Å². The lowest BCUT2D eigenvalue weighted by Crippen LogP contribution is -2.46. The second-order valence-electron chi connectivity index (χ2n) is 4.89. The van der Waals surface area contributed by atoms with Crippen LogP contribution in [0.25, 0.3) is 0 Å². The van der Waals surface area contributed by atoms with E-state index in [0.717, 1.165) is 43.9 Å². The molecule has 20 heavy (non-hydrogen) atoms. The highest BCUT2D eigenvalue weighted by Gasteiger charge is 2.30. The molecule has 3 nitrogen and oxygen atoms in total. The maximum Gasteiger partial charge on any atom is 0.416 e. The van der Waals surface area contributed by atoms with Crippen LogP contribution in [0.2, 0.25) is 0 Å². The SMILES string of the molecule is O=[C]CN1CCN(Cc2ccc(C(F)(F)F)cc2)CC1. The maximum absolute atomic E-state index is 12.4. The van der Waals surface area contributed by atoms with E-state index in [1.807, 2.05) is 11.2 Å². The fourth-order valence-electron chi connectivity index (χ4n) is 2.25. The van der Waals surface area contributed by atoms with Gasteiger partial charge in [0.15, 0.2) is 0 Å². The van der Waals surface area contributed by atoms with Crippen LogP contribution < -0.4 is 0 Å². The molecule has 1 aromatic carbocycles. The first-order valence-corrected chi connectivity index (χ1v) is 6.45. The lowest BCUT2D eigenvalue weighted by Gasteiger charge is -2.33. The average Bonchev–Trinajstić information content (AvgIpc) is 2.41. The van der Waals surface area contributed by atoms with Crippen molar-refractivity contribution < 1.29 is 18.0 Å². The summed E-state index contributed by atoms with van der Waals surface area (Å²) in [5.41, 5.74) is 0.251. The molecule has 0 N–H and O–H groups in total. The van der Waals surface area contributed by atoms with Gasteiger partial charge in [-0.25, -0.2) is 0 Å². The van der Waals surface area contributed by atoms with Crippen molar-refractivity contribution in [2.75, 3.05) is 32.7 Å². The van der Waals surface area contributed by atoms with E-state index in [9.17, 15) is 18.0 Å². The van der Waals surface area contributed by atoms with Crippen molar-refractivity contribution in [2.45, 2.75) is 12.7 Å². The number of nitrogens with zero attached hydrogens (tertiary/aromatic N) is 2. The van der Waals surface area contributed by atoms with E-state index in [0.29, 0.717) is 13.1 Å². The maximum atomic E-state index is 12.4. The number of benzene rings is 1. The number of hydrogen-bond donors (Lipinski definition) is 0. The molecule has 0 amide bonds. The fraction of sp³-hybridized carbons (Fsp3) is 0.500. The van der Waals surface area contributed by atoms with Crippen LogP contribution in [0.15, 0.2) is 24.3 Å². The molecule has 6 heteroatoms. The number of alkyl halides is 3. The van der Waals surface area contributed by atoms with Gasteiger partial charge in [-0.05, 0) is 17.7 Å². The van der Waals surface area contributed by atoms with Crippen molar-refractivity contribution in [1.29, 1.82) is 0 Å². The molecule has 0 saturated carbocycles. The summed E-state index contributed by atoms with van der Waals surface area (Å²) >= 11 is 0. The Morgan fingerprint density at radius 1 is 1.00 bits per heavy atom. The largest absolute Gasteiger partial charge is 0.416 e.